The highest BCUT2D eigenvalue weighted by Gasteiger charge is 2.21. The number of aliphatic carboxylic acids is 1. The summed E-state index contributed by atoms with van der Waals surface area (Å²) in [5.41, 5.74) is 8.50. The molecule has 0 radical (unpaired) electrons. The van der Waals surface area contributed by atoms with Crippen LogP contribution in [0.5, 0.6) is 11.5 Å². The normalized spacial score (nSPS) is 12.1. The molecule has 0 aliphatic rings. The molecule has 0 fully saturated rings. The quantitative estimate of drug-likeness (QED) is 0.836. The Morgan fingerprint density at radius 3 is 2.33 bits per heavy atom. The Balaban J connectivity index is 3.34. The monoisotopic (exact) mass is 253 g/mol. The van der Waals surface area contributed by atoms with Crippen molar-refractivity contribution in [1.29, 1.82) is 0 Å². The second kappa shape index (κ2) is 5.73. The van der Waals surface area contributed by atoms with E-state index in [0.717, 1.165) is 11.1 Å². The Morgan fingerprint density at radius 1 is 1.33 bits per heavy atom. The Hall–Kier alpha value is -1.75. The lowest BCUT2D eigenvalue weighted by Gasteiger charge is -2.20. The molecule has 1 aromatic rings. The van der Waals surface area contributed by atoms with Gasteiger partial charge in [-0.25, -0.2) is 0 Å². The van der Waals surface area contributed by atoms with Crippen LogP contribution in [0.3, 0.4) is 0 Å². The highest BCUT2D eigenvalue weighted by atomic mass is 16.5. The molecule has 5 heteroatoms. The van der Waals surface area contributed by atoms with Crippen LogP contribution in [0.2, 0.25) is 0 Å². The SMILES string of the molecule is COc1c(C(N)CC(=O)O)cc(C)c(C)c1OC. The minimum atomic E-state index is -0.943. The number of ether oxygens (including phenoxy) is 2. The van der Waals surface area contributed by atoms with E-state index in [1.165, 1.54) is 7.11 Å². The minimum absolute atomic E-state index is 0.151. The first-order valence-electron chi connectivity index (χ1n) is 5.61. The predicted octanol–water partition coefficient (Wildman–Crippen LogP) is 1.80. The fraction of sp³-hybridized carbons (Fsp3) is 0.462. The third-order valence-corrected chi connectivity index (χ3v) is 2.97. The van der Waals surface area contributed by atoms with Gasteiger partial charge in [-0.2, -0.15) is 0 Å². The number of benzene rings is 1. The van der Waals surface area contributed by atoms with Gasteiger partial charge in [0.1, 0.15) is 0 Å². The van der Waals surface area contributed by atoms with Crippen LogP contribution in [0.15, 0.2) is 6.07 Å². The van der Waals surface area contributed by atoms with E-state index in [9.17, 15) is 4.79 Å². The molecule has 1 unspecified atom stereocenters. The standard InChI is InChI=1S/C13H19NO4/c1-7-5-9(10(14)6-11(15)16)13(18-4)12(17-3)8(7)2/h5,10H,6,14H2,1-4H3,(H,15,16). The topological polar surface area (TPSA) is 81.8 Å². The van der Waals surface area contributed by atoms with E-state index in [-0.39, 0.29) is 6.42 Å². The number of methoxy groups -OCH3 is 2. The van der Waals surface area contributed by atoms with Crippen molar-refractivity contribution in [3.05, 3.63) is 22.8 Å². The third-order valence-electron chi connectivity index (χ3n) is 2.97. The van der Waals surface area contributed by atoms with Gasteiger partial charge in [0.25, 0.3) is 0 Å². The predicted molar refractivity (Wildman–Crippen MR) is 68.2 cm³/mol. The lowest BCUT2D eigenvalue weighted by molar-refractivity contribution is -0.137. The highest BCUT2D eigenvalue weighted by Crippen LogP contribution is 2.39. The van der Waals surface area contributed by atoms with E-state index in [1.807, 2.05) is 19.9 Å². The number of hydrogen-bond donors (Lipinski definition) is 2. The maximum absolute atomic E-state index is 10.7. The molecule has 0 bridgehead atoms. The van der Waals surface area contributed by atoms with Gasteiger partial charge in [-0.15, -0.1) is 0 Å². The second-order valence-corrected chi connectivity index (χ2v) is 4.18. The molecule has 18 heavy (non-hydrogen) atoms. The van der Waals surface area contributed by atoms with Crippen molar-refractivity contribution in [2.75, 3.05) is 14.2 Å². The first-order valence-corrected chi connectivity index (χ1v) is 5.61. The van der Waals surface area contributed by atoms with E-state index in [0.29, 0.717) is 17.1 Å². The average Bonchev–Trinajstić information content (AvgIpc) is 2.30. The number of rotatable bonds is 5. The van der Waals surface area contributed by atoms with E-state index in [2.05, 4.69) is 0 Å². The van der Waals surface area contributed by atoms with Crippen molar-refractivity contribution in [2.45, 2.75) is 26.3 Å². The third kappa shape index (κ3) is 2.73. The Labute approximate surface area is 107 Å². The number of hydrogen-bond acceptors (Lipinski definition) is 4. The fourth-order valence-electron chi connectivity index (χ4n) is 1.92. The molecule has 1 rings (SSSR count). The Kier molecular flexibility index (Phi) is 4.55. The Bertz CT molecular complexity index is 457. The summed E-state index contributed by atoms with van der Waals surface area (Å²) >= 11 is 0. The molecular formula is C13H19NO4. The van der Waals surface area contributed by atoms with Gasteiger partial charge in [-0.1, -0.05) is 6.07 Å². The zero-order valence-corrected chi connectivity index (χ0v) is 11.1. The summed E-state index contributed by atoms with van der Waals surface area (Å²) in [7, 11) is 3.07. The van der Waals surface area contributed by atoms with Gasteiger partial charge >= 0.3 is 5.97 Å². The van der Waals surface area contributed by atoms with Crippen molar-refractivity contribution in [2.24, 2.45) is 5.73 Å². The summed E-state index contributed by atoms with van der Waals surface area (Å²) in [5.74, 6) is 0.171. The fourth-order valence-corrected chi connectivity index (χ4v) is 1.92. The summed E-state index contributed by atoms with van der Waals surface area (Å²) in [4.78, 5) is 10.7. The van der Waals surface area contributed by atoms with E-state index in [1.54, 1.807) is 7.11 Å². The van der Waals surface area contributed by atoms with Crippen LogP contribution >= 0.6 is 0 Å². The highest BCUT2D eigenvalue weighted by molar-refractivity contribution is 5.68. The molecule has 0 saturated carbocycles. The molecule has 0 aliphatic carbocycles. The molecule has 0 aromatic heterocycles. The van der Waals surface area contributed by atoms with Gasteiger partial charge in [0, 0.05) is 11.6 Å². The molecule has 5 nitrogen and oxygen atoms in total. The second-order valence-electron chi connectivity index (χ2n) is 4.18. The summed E-state index contributed by atoms with van der Waals surface area (Å²) in [6.45, 7) is 3.84. The van der Waals surface area contributed by atoms with Crippen LogP contribution in [0.1, 0.15) is 29.2 Å². The molecule has 0 aliphatic heterocycles. The van der Waals surface area contributed by atoms with Crippen LogP contribution in [-0.4, -0.2) is 25.3 Å². The van der Waals surface area contributed by atoms with Crippen molar-refractivity contribution in [3.63, 3.8) is 0 Å². The maximum Gasteiger partial charge on any atom is 0.305 e. The van der Waals surface area contributed by atoms with Crippen LogP contribution in [-0.2, 0) is 4.79 Å². The van der Waals surface area contributed by atoms with Gasteiger partial charge < -0.3 is 20.3 Å². The molecule has 0 spiro atoms. The smallest absolute Gasteiger partial charge is 0.305 e. The zero-order valence-electron chi connectivity index (χ0n) is 11.1. The van der Waals surface area contributed by atoms with Gasteiger partial charge in [0.15, 0.2) is 11.5 Å². The van der Waals surface area contributed by atoms with Gasteiger partial charge in [-0.05, 0) is 25.0 Å². The number of nitrogens with two attached hydrogens (primary N) is 1. The van der Waals surface area contributed by atoms with Gasteiger partial charge in [0.05, 0.1) is 20.6 Å². The molecule has 100 valence electrons. The lowest BCUT2D eigenvalue weighted by Crippen LogP contribution is -2.16. The Morgan fingerprint density at radius 2 is 1.89 bits per heavy atom. The largest absolute Gasteiger partial charge is 0.493 e. The first kappa shape index (κ1) is 14.3. The summed E-state index contributed by atoms with van der Waals surface area (Å²) < 4.78 is 10.6. The molecule has 0 heterocycles. The summed E-state index contributed by atoms with van der Waals surface area (Å²) in [6, 6.07) is 1.23. The van der Waals surface area contributed by atoms with Gasteiger partial charge in [0.2, 0.25) is 0 Å². The molecule has 3 N–H and O–H groups in total. The minimum Gasteiger partial charge on any atom is -0.493 e. The van der Waals surface area contributed by atoms with Crippen molar-refractivity contribution < 1.29 is 19.4 Å². The summed E-state index contributed by atoms with van der Waals surface area (Å²) in [6.07, 6.45) is -0.151. The number of carboxylic acids is 1. The van der Waals surface area contributed by atoms with Crippen LogP contribution in [0.4, 0.5) is 0 Å². The maximum atomic E-state index is 10.7. The van der Waals surface area contributed by atoms with Crippen LogP contribution in [0, 0.1) is 13.8 Å². The van der Waals surface area contributed by atoms with Crippen molar-refractivity contribution in [1.82, 2.24) is 0 Å². The number of carboxylic acid groups (broad SMARTS) is 1. The number of carbonyl (C=O) groups is 1. The zero-order chi connectivity index (χ0) is 13.9. The summed E-state index contributed by atoms with van der Waals surface area (Å²) in [5, 5.41) is 8.81. The lowest BCUT2D eigenvalue weighted by atomic mass is 9.97. The number of aryl methyl sites for hydroxylation is 1. The molecule has 1 atom stereocenters. The molecule has 0 saturated heterocycles. The van der Waals surface area contributed by atoms with E-state index >= 15 is 0 Å². The average molecular weight is 253 g/mol. The van der Waals surface area contributed by atoms with Gasteiger partial charge in [-0.3, -0.25) is 4.79 Å². The van der Waals surface area contributed by atoms with Crippen molar-refractivity contribution >= 4 is 5.97 Å². The molecule has 1 aromatic carbocycles. The first-order chi connectivity index (χ1) is 8.42. The van der Waals surface area contributed by atoms with Crippen LogP contribution in [0.25, 0.3) is 0 Å². The van der Waals surface area contributed by atoms with Crippen molar-refractivity contribution in [3.8, 4) is 11.5 Å². The molecular weight excluding hydrogens is 234 g/mol. The van der Waals surface area contributed by atoms with E-state index in [4.69, 9.17) is 20.3 Å². The van der Waals surface area contributed by atoms with Crippen LogP contribution < -0.4 is 15.2 Å². The van der Waals surface area contributed by atoms with E-state index < -0.39 is 12.0 Å². The molecule has 0 amide bonds.